The lowest BCUT2D eigenvalue weighted by Gasteiger charge is -2.29. The highest BCUT2D eigenvalue weighted by molar-refractivity contribution is 4.81. The summed E-state index contributed by atoms with van der Waals surface area (Å²) in [7, 11) is 0. The standard InChI is InChI=1S/C16H33N/c1-12(2)10-16(11-13(3)4)17-14(5)15-8-6-7-9-15/h12-17H,6-11H2,1-5H3/t14-/m1/s1. The van der Waals surface area contributed by atoms with Gasteiger partial charge in [0.05, 0.1) is 0 Å². The van der Waals surface area contributed by atoms with E-state index in [-0.39, 0.29) is 0 Å². The first-order chi connectivity index (χ1) is 7.99. The van der Waals surface area contributed by atoms with Gasteiger partial charge in [0.25, 0.3) is 0 Å². The van der Waals surface area contributed by atoms with Crippen LogP contribution in [0.3, 0.4) is 0 Å². The molecule has 1 aliphatic carbocycles. The third kappa shape index (κ3) is 5.90. The molecule has 0 aromatic heterocycles. The molecule has 1 saturated carbocycles. The summed E-state index contributed by atoms with van der Waals surface area (Å²) in [6, 6.07) is 1.45. The summed E-state index contributed by atoms with van der Waals surface area (Å²) in [5.74, 6) is 2.56. The Bertz CT molecular complexity index is 182. The van der Waals surface area contributed by atoms with Crippen molar-refractivity contribution in [2.45, 2.75) is 85.2 Å². The summed E-state index contributed by atoms with van der Waals surface area (Å²) in [6.07, 6.45) is 8.46. The van der Waals surface area contributed by atoms with Crippen molar-refractivity contribution in [2.75, 3.05) is 0 Å². The summed E-state index contributed by atoms with van der Waals surface area (Å²) in [5, 5.41) is 3.92. The van der Waals surface area contributed by atoms with Gasteiger partial charge in [-0.25, -0.2) is 0 Å². The van der Waals surface area contributed by atoms with Crippen molar-refractivity contribution in [1.82, 2.24) is 5.32 Å². The molecular weight excluding hydrogens is 206 g/mol. The van der Waals surface area contributed by atoms with E-state index in [1.54, 1.807) is 0 Å². The molecule has 17 heavy (non-hydrogen) atoms. The largest absolute Gasteiger partial charge is 0.311 e. The molecule has 1 rings (SSSR count). The second-order valence-corrected chi connectivity index (χ2v) is 6.96. The molecule has 0 unspecified atom stereocenters. The van der Waals surface area contributed by atoms with Crippen LogP contribution in [-0.4, -0.2) is 12.1 Å². The molecule has 0 saturated heterocycles. The molecule has 1 fully saturated rings. The van der Waals surface area contributed by atoms with Crippen LogP contribution in [0, 0.1) is 17.8 Å². The SMILES string of the molecule is CC(C)CC(CC(C)C)N[C@H](C)C1CCCC1. The van der Waals surface area contributed by atoms with Crippen molar-refractivity contribution >= 4 is 0 Å². The second kappa shape index (κ2) is 7.41. The van der Waals surface area contributed by atoms with Crippen LogP contribution < -0.4 is 5.32 Å². The summed E-state index contributed by atoms with van der Waals surface area (Å²) in [4.78, 5) is 0. The van der Waals surface area contributed by atoms with Gasteiger partial charge in [0, 0.05) is 12.1 Å². The Morgan fingerprint density at radius 2 is 1.35 bits per heavy atom. The van der Waals surface area contributed by atoms with Gasteiger partial charge in [0.2, 0.25) is 0 Å². The van der Waals surface area contributed by atoms with Gasteiger partial charge in [-0.1, -0.05) is 40.5 Å². The maximum atomic E-state index is 3.92. The second-order valence-electron chi connectivity index (χ2n) is 6.96. The fourth-order valence-corrected chi connectivity index (χ4v) is 3.34. The van der Waals surface area contributed by atoms with E-state index < -0.39 is 0 Å². The van der Waals surface area contributed by atoms with E-state index in [4.69, 9.17) is 0 Å². The van der Waals surface area contributed by atoms with E-state index in [0.717, 1.165) is 29.8 Å². The zero-order valence-electron chi connectivity index (χ0n) is 12.6. The van der Waals surface area contributed by atoms with Gasteiger partial charge in [-0.05, 0) is 50.4 Å². The summed E-state index contributed by atoms with van der Waals surface area (Å²) >= 11 is 0. The van der Waals surface area contributed by atoms with Crippen molar-refractivity contribution in [3.8, 4) is 0 Å². The predicted molar refractivity (Wildman–Crippen MR) is 77.3 cm³/mol. The van der Waals surface area contributed by atoms with Gasteiger partial charge in [0.1, 0.15) is 0 Å². The lowest BCUT2D eigenvalue weighted by molar-refractivity contribution is 0.286. The van der Waals surface area contributed by atoms with Gasteiger partial charge in [0.15, 0.2) is 0 Å². The first-order valence-corrected chi connectivity index (χ1v) is 7.75. The maximum absolute atomic E-state index is 3.92. The Labute approximate surface area is 109 Å². The molecule has 0 aromatic carbocycles. The molecule has 0 radical (unpaired) electrons. The molecule has 1 aliphatic rings. The van der Waals surface area contributed by atoms with Gasteiger partial charge in [-0.3, -0.25) is 0 Å². The van der Waals surface area contributed by atoms with Crippen molar-refractivity contribution in [3.05, 3.63) is 0 Å². The molecule has 1 nitrogen and oxygen atoms in total. The van der Waals surface area contributed by atoms with Gasteiger partial charge >= 0.3 is 0 Å². The number of rotatable bonds is 7. The van der Waals surface area contributed by atoms with Crippen molar-refractivity contribution in [2.24, 2.45) is 17.8 Å². The monoisotopic (exact) mass is 239 g/mol. The average molecular weight is 239 g/mol. The number of hydrogen-bond acceptors (Lipinski definition) is 1. The third-order valence-corrected chi connectivity index (χ3v) is 4.12. The molecule has 1 heteroatoms. The predicted octanol–water partition coefficient (Wildman–Crippen LogP) is 4.62. The lowest BCUT2D eigenvalue weighted by atomic mass is 9.92. The minimum Gasteiger partial charge on any atom is -0.311 e. The smallest absolute Gasteiger partial charge is 0.00745 e. The van der Waals surface area contributed by atoms with Crippen LogP contribution in [0.4, 0.5) is 0 Å². The Hall–Kier alpha value is -0.0400. The van der Waals surface area contributed by atoms with Gasteiger partial charge < -0.3 is 5.32 Å². The van der Waals surface area contributed by atoms with Crippen molar-refractivity contribution < 1.29 is 0 Å². The molecule has 0 aliphatic heterocycles. The zero-order chi connectivity index (χ0) is 12.8. The summed E-state index contributed by atoms with van der Waals surface area (Å²) < 4.78 is 0. The quantitative estimate of drug-likeness (QED) is 0.684. The van der Waals surface area contributed by atoms with Crippen LogP contribution in [0.1, 0.15) is 73.1 Å². The van der Waals surface area contributed by atoms with E-state index in [1.807, 2.05) is 0 Å². The van der Waals surface area contributed by atoms with E-state index in [1.165, 1.54) is 38.5 Å². The molecule has 0 amide bonds. The molecular formula is C16H33N. The van der Waals surface area contributed by atoms with Gasteiger partial charge in [-0.2, -0.15) is 0 Å². The third-order valence-electron chi connectivity index (χ3n) is 4.12. The first-order valence-electron chi connectivity index (χ1n) is 7.75. The molecule has 102 valence electrons. The van der Waals surface area contributed by atoms with Crippen LogP contribution in [-0.2, 0) is 0 Å². The van der Waals surface area contributed by atoms with Crippen LogP contribution in [0.25, 0.3) is 0 Å². The van der Waals surface area contributed by atoms with E-state index >= 15 is 0 Å². The van der Waals surface area contributed by atoms with E-state index in [9.17, 15) is 0 Å². The Morgan fingerprint density at radius 1 is 0.882 bits per heavy atom. The van der Waals surface area contributed by atoms with E-state index in [2.05, 4.69) is 39.9 Å². The van der Waals surface area contributed by atoms with Crippen LogP contribution in [0.15, 0.2) is 0 Å². The molecule has 0 aromatic rings. The minimum atomic E-state index is 0.722. The average Bonchev–Trinajstić information content (AvgIpc) is 2.67. The topological polar surface area (TPSA) is 12.0 Å². The fourth-order valence-electron chi connectivity index (χ4n) is 3.34. The summed E-state index contributed by atoms with van der Waals surface area (Å²) in [5.41, 5.74) is 0. The number of hydrogen-bond donors (Lipinski definition) is 1. The van der Waals surface area contributed by atoms with Crippen LogP contribution in [0.2, 0.25) is 0 Å². The zero-order valence-corrected chi connectivity index (χ0v) is 12.6. The summed E-state index contributed by atoms with van der Waals surface area (Å²) in [6.45, 7) is 11.8. The van der Waals surface area contributed by atoms with E-state index in [0.29, 0.717) is 0 Å². The lowest BCUT2D eigenvalue weighted by Crippen LogP contribution is -2.41. The minimum absolute atomic E-state index is 0.722. The molecule has 1 N–H and O–H groups in total. The number of nitrogens with one attached hydrogen (secondary N) is 1. The van der Waals surface area contributed by atoms with Gasteiger partial charge in [-0.15, -0.1) is 0 Å². The maximum Gasteiger partial charge on any atom is 0.00745 e. The highest BCUT2D eigenvalue weighted by Crippen LogP contribution is 2.28. The highest BCUT2D eigenvalue weighted by Gasteiger charge is 2.24. The molecule has 1 atom stereocenters. The Balaban J connectivity index is 2.40. The Morgan fingerprint density at radius 3 is 1.76 bits per heavy atom. The van der Waals surface area contributed by atoms with Crippen LogP contribution >= 0.6 is 0 Å². The highest BCUT2D eigenvalue weighted by atomic mass is 15.0. The molecule has 0 spiro atoms. The Kier molecular flexibility index (Phi) is 6.54. The normalized spacial score (nSPS) is 19.8. The first kappa shape index (κ1) is 15.0. The fraction of sp³-hybridized carbons (Fsp3) is 1.00. The molecule has 0 heterocycles. The van der Waals surface area contributed by atoms with Crippen molar-refractivity contribution in [3.63, 3.8) is 0 Å². The molecule has 0 bridgehead atoms. The van der Waals surface area contributed by atoms with Crippen molar-refractivity contribution in [1.29, 1.82) is 0 Å². The van der Waals surface area contributed by atoms with Crippen LogP contribution in [0.5, 0.6) is 0 Å².